The molecule has 0 bridgehead atoms. The fraction of sp³-hybridized carbons (Fsp3) is 0.238. The van der Waals surface area contributed by atoms with Crippen LogP contribution in [0.25, 0.3) is 0 Å². The zero-order chi connectivity index (χ0) is 21.4. The summed E-state index contributed by atoms with van der Waals surface area (Å²) in [4.78, 5) is 33.9. The lowest BCUT2D eigenvalue weighted by atomic mass is 10.1. The molecule has 8 nitrogen and oxygen atoms in total. The van der Waals surface area contributed by atoms with Crippen LogP contribution in [0, 0.1) is 28.4 Å². The number of nitro groups is 1. The molecule has 0 aliphatic heterocycles. The first-order valence-corrected chi connectivity index (χ1v) is 8.77. The number of nitrogens with one attached hydrogen (secondary N) is 1. The number of non-ortho nitro benzene ring substituents is 1. The highest BCUT2D eigenvalue weighted by molar-refractivity contribution is 5.92. The number of carbonyl (C=O) groups is 2. The van der Waals surface area contributed by atoms with Gasteiger partial charge in [-0.1, -0.05) is 26.0 Å². The summed E-state index contributed by atoms with van der Waals surface area (Å²) in [5, 5.41) is 13.4. The van der Waals surface area contributed by atoms with Crippen molar-refractivity contribution in [2.24, 2.45) is 5.92 Å². The Morgan fingerprint density at radius 3 is 2.28 bits per heavy atom. The number of carbonyl (C=O) groups excluding carboxylic acids is 2. The highest BCUT2D eigenvalue weighted by Gasteiger charge is 2.18. The van der Waals surface area contributed by atoms with Crippen molar-refractivity contribution in [1.82, 2.24) is 0 Å². The number of anilines is 1. The zero-order valence-electron chi connectivity index (χ0n) is 16.0. The monoisotopic (exact) mass is 396 g/mol. The van der Waals surface area contributed by atoms with Crippen LogP contribution in [-0.2, 0) is 9.53 Å². The Morgan fingerprint density at radius 1 is 1.14 bits per heavy atom. The highest BCUT2D eigenvalue weighted by Crippen LogP contribution is 2.25. The van der Waals surface area contributed by atoms with E-state index >= 15 is 0 Å². The summed E-state index contributed by atoms with van der Waals surface area (Å²) in [5.41, 5.74) is 1.12. The molecule has 1 N–H and O–H groups in total. The maximum Gasteiger partial charge on any atom is 0.514 e. The lowest BCUT2D eigenvalue weighted by molar-refractivity contribution is -0.384. The van der Waals surface area contributed by atoms with Crippen molar-refractivity contribution >= 4 is 23.4 Å². The van der Waals surface area contributed by atoms with Crippen molar-refractivity contribution in [3.05, 3.63) is 64.2 Å². The quantitative estimate of drug-likeness (QED) is 0.243. The van der Waals surface area contributed by atoms with E-state index in [1.165, 1.54) is 24.3 Å². The molecule has 8 heteroatoms. The molecule has 0 radical (unpaired) electrons. The van der Waals surface area contributed by atoms with Gasteiger partial charge in [0, 0.05) is 23.7 Å². The van der Waals surface area contributed by atoms with Gasteiger partial charge < -0.3 is 14.8 Å². The third-order valence-corrected chi connectivity index (χ3v) is 3.86. The third-order valence-electron chi connectivity index (χ3n) is 3.86. The van der Waals surface area contributed by atoms with Crippen LogP contribution in [0.1, 0.15) is 31.9 Å². The molecule has 0 saturated carbocycles. The number of hydrogen-bond donors (Lipinski definition) is 1. The van der Waals surface area contributed by atoms with E-state index in [-0.39, 0.29) is 29.7 Å². The van der Waals surface area contributed by atoms with Gasteiger partial charge in [0.05, 0.1) is 11.3 Å². The Labute approximate surface area is 168 Å². The second kappa shape index (κ2) is 9.90. The minimum atomic E-state index is -0.990. The average molecular weight is 396 g/mol. The Bertz CT molecular complexity index is 914. The summed E-state index contributed by atoms with van der Waals surface area (Å²) >= 11 is 0. The van der Waals surface area contributed by atoms with Crippen LogP contribution in [0.4, 0.5) is 16.2 Å². The summed E-state index contributed by atoms with van der Waals surface area (Å²) in [5.74, 6) is 2.28. The van der Waals surface area contributed by atoms with E-state index in [2.05, 4.69) is 11.2 Å². The van der Waals surface area contributed by atoms with Gasteiger partial charge >= 0.3 is 6.16 Å². The number of hydrogen-bond acceptors (Lipinski definition) is 6. The molecule has 0 aliphatic rings. The Hall–Kier alpha value is -3.86. The topological polar surface area (TPSA) is 108 Å². The molecule has 1 unspecified atom stereocenters. The number of rotatable bonds is 7. The standard InChI is InChI=1S/C21H20N2O6/c1-4-5-19(15-6-8-16(9-7-15)22-20(24)14(2)3)29-21(25)28-18-12-10-17(11-13-18)23(26)27/h1,6-14,19H,5H2,2-3H3,(H,22,24). The van der Waals surface area contributed by atoms with Crippen LogP contribution in [0.3, 0.4) is 0 Å². The Morgan fingerprint density at radius 2 is 1.76 bits per heavy atom. The molecule has 150 valence electrons. The van der Waals surface area contributed by atoms with Gasteiger partial charge in [-0.25, -0.2) is 4.79 Å². The first-order valence-electron chi connectivity index (χ1n) is 8.77. The molecule has 0 heterocycles. The number of amides is 1. The summed E-state index contributed by atoms with van der Waals surface area (Å²) in [6.07, 6.45) is 3.75. The smallest absolute Gasteiger partial charge is 0.425 e. The first-order chi connectivity index (χ1) is 13.8. The molecule has 29 heavy (non-hydrogen) atoms. The van der Waals surface area contributed by atoms with Crippen molar-refractivity contribution in [1.29, 1.82) is 0 Å². The van der Waals surface area contributed by atoms with Gasteiger partial charge in [0.15, 0.2) is 0 Å². The van der Waals surface area contributed by atoms with Crippen molar-refractivity contribution in [3.8, 4) is 18.1 Å². The number of terminal acetylenes is 1. The van der Waals surface area contributed by atoms with Gasteiger partial charge in [-0.15, -0.1) is 12.3 Å². The summed E-state index contributed by atoms with van der Waals surface area (Å²) in [6.45, 7) is 3.58. The SMILES string of the molecule is C#CCC(OC(=O)Oc1ccc([N+](=O)[O-])cc1)c1ccc(NC(=O)C(C)C)cc1. The fourth-order valence-corrected chi connectivity index (χ4v) is 2.27. The van der Waals surface area contributed by atoms with Crippen molar-refractivity contribution in [3.63, 3.8) is 0 Å². The summed E-state index contributed by atoms with van der Waals surface area (Å²) < 4.78 is 10.3. The number of benzene rings is 2. The molecule has 0 aromatic heterocycles. The molecule has 1 amide bonds. The van der Waals surface area contributed by atoms with Gasteiger partial charge in [0.2, 0.25) is 5.91 Å². The Balaban J connectivity index is 2.03. The van der Waals surface area contributed by atoms with Crippen LogP contribution in [-0.4, -0.2) is 17.0 Å². The van der Waals surface area contributed by atoms with E-state index < -0.39 is 17.2 Å². The van der Waals surface area contributed by atoms with E-state index in [1.54, 1.807) is 38.1 Å². The molecular formula is C21H20N2O6. The maximum absolute atomic E-state index is 12.1. The molecule has 0 spiro atoms. The van der Waals surface area contributed by atoms with E-state index in [0.717, 1.165) is 0 Å². The zero-order valence-corrected chi connectivity index (χ0v) is 16.0. The van der Waals surface area contributed by atoms with Crippen LogP contribution >= 0.6 is 0 Å². The molecule has 2 aromatic rings. The minimum absolute atomic E-state index is 0.104. The third kappa shape index (κ3) is 6.36. The van der Waals surface area contributed by atoms with E-state index in [0.29, 0.717) is 11.3 Å². The number of nitrogens with zero attached hydrogens (tertiary/aromatic N) is 1. The summed E-state index contributed by atoms with van der Waals surface area (Å²) in [6, 6.07) is 11.8. The fourth-order valence-electron chi connectivity index (χ4n) is 2.27. The van der Waals surface area contributed by atoms with Gasteiger partial charge in [-0.2, -0.15) is 0 Å². The van der Waals surface area contributed by atoms with Gasteiger partial charge in [0.25, 0.3) is 5.69 Å². The van der Waals surface area contributed by atoms with Crippen LogP contribution in [0.2, 0.25) is 0 Å². The van der Waals surface area contributed by atoms with Gasteiger partial charge in [-0.05, 0) is 29.8 Å². The average Bonchev–Trinajstić information content (AvgIpc) is 2.68. The predicted octanol–water partition coefficient (Wildman–Crippen LogP) is 4.47. The van der Waals surface area contributed by atoms with Crippen molar-refractivity contribution < 1.29 is 24.0 Å². The van der Waals surface area contributed by atoms with E-state index in [1.807, 2.05) is 0 Å². The Kier molecular flexibility index (Phi) is 7.32. The van der Waals surface area contributed by atoms with E-state index in [4.69, 9.17) is 15.9 Å². The molecule has 0 saturated heterocycles. The second-order valence-electron chi connectivity index (χ2n) is 6.38. The molecule has 2 rings (SSSR count). The largest absolute Gasteiger partial charge is 0.514 e. The lowest BCUT2D eigenvalue weighted by Crippen LogP contribution is -2.18. The van der Waals surface area contributed by atoms with Crippen LogP contribution in [0.15, 0.2) is 48.5 Å². The normalized spacial score (nSPS) is 11.2. The number of ether oxygens (including phenoxy) is 2. The van der Waals surface area contributed by atoms with Gasteiger partial charge in [-0.3, -0.25) is 14.9 Å². The minimum Gasteiger partial charge on any atom is -0.425 e. The molecule has 0 aliphatic carbocycles. The number of nitro benzene ring substituents is 1. The van der Waals surface area contributed by atoms with Crippen LogP contribution in [0.5, 0.6) is 5.75 Å². The molecule has 2 aromatic carbocycles. The molecule has 0 fully saturated rings. The first kappa shape index (κ1) is 21.4. The predicted molar refractivity (Wildman–Crippen MR) is 106 cm³/mol. The molecular weight excluding hydrogens is 376 g/mol. The summed E-state index contributed by atoms with van der Waals surface area (Å²) in [7, 11) is 0. The highest BCUT2D eigenvalue weighted by atomic mass is 16.7. The second-order valence-corrected chi connectivity index (χ2v) is 6.38. The van der Waals surface area contributed by atoms with Crippen molar-refractivity contribution in [2.75, 3.05) is 5.32 Å². The van der Waals surface area contributed by atoms with Crippen molar-refractivity contribution in [2.45, 2.75) is 26.4 Å². The van der Waals surface area contributed by atoms with Crippen LogP contribution < -0.4 is 10.1 Å². The lowest BCUT2D eigenvalue weighted by Gasteiger charge is -2.16. The van der Waals surface area contributed by atoms with E-state index in [9.17, 15) is 19.7 Å². The molecule has 1 atom stereocenters. The maximum atomic E-state index is 12.1. The van der Waals surface area contributed by atoms with Gasteiger partial charge in [0.1, 0.15) is 11.9 Å².